The molecule has 0 fully saturated rings. The van der Waals surface area contributed by atoms with E-state index in [2.05, 4.69) is 4.74 Å². The van der Waals surface area contributed by atoms with Crippen LogP contribution in [-0.2, 0) is 10.2 Å². The Bertz CT molecular complexity index is 473. The van der Waals surface area contributed by atoms with Crippen molar-refractivity contribution in [3.63, 3.8) is 0 Å². The molecule has 1 aliphatic carbocycles. The van der Waals surface area contributed by atoms with Crippen molar-refractivity contribution in [3.8, 4) is 0 Å². The molecule has 18 heavy (non-hydrogen) atoms. The zero-order valence-corrected chi connectivity index (χ0v) is 11.7. The van der Waals surface area contributed by atoms with Gasteiger partial charge in [0.15, 0.2) is 5.78 Å². The second kappa shape index (κ2) is 5.34. The van der Waals surface area contributed by atoms with Crippen LogP contribution in [0, 0.1) is 0 Å². The summed E-state index contributed by atoms with van der Waals surface area (Å²) in [7, 11) is 1.33. The first-order valence-corrected chi connectivity index (χ1v) is 6.22. The van der Waals surface area contributed by atoms with Crippen molar-refractivity contribution >= 4 is 11.8 Å². The first-order valence-electron chi connectivity index (χ1n) is 6.22. The Hall–Kier alpha value is -1.64. The topological polar surface area (TPSA) is 43.4 Å². The number of esters is 1. The van der Waals surface area contributed by atoms with E-state index in [4.69, 9.17) is 0 Å². The van der Waals surface area contributed by atoms with Crippen molar-refractivity contribution in [1.82, 2.24) is 0 Å². The zero-order chi connectivity index (χ0) is 13.9. The van der Waals surface area contributed by atoms with E-state index in [-0.39, 0.29) is 11.2 Å². The maximum atomic E-state index is 11.8. The molecule has 1 aromatic carbocycles. The Labute approximate surface area is 108 Å². The molecule has 0 aliphatic heterocycles. The van der Waals surface area contributed by atoms with Crippen molar-refractivity contribution in [2.75, 3.05) is 7.11 Å². The SMILES string of the molecule is CC.COC(=O)c1ccc2c(c1)C(=O)CC2(C)C. The molecule has 3 heteroatoms. The van der Waals surface area contributed by atoms with Gasteiger partial charge in [-0.1, -0.05) is 33.8 Å². The lowest BCUT2D eigenvalue weighted by Gasteiger charge is -2.17. The van der Waals surface area contributed by atoms with E-state index in [0.29, 0.717) is 17.5 Å². The third-order valence-corrected chi connectivity index (χ3v) is 3.07. The van der Waals surface area contributed by atoms with E-state index in [1.54, 1.807) is 12.1 Å². The van der Waals surface area contributed by atoms with Gasteiger partial charge in [-0.05, 0) is 23.1 Å². The number of rotatable bonds is 1. The third kappa shape index (κ3) is 2.45. The molecule has 0 unspecified atom stereocenters. The number of Topliss-reactive ketones (excluding diaryl/α,β-unsaturated/α-hetero) is 1. The van der Waals surface area contributed by atoms with Gasteiger partial charge in [0, 0.05) is 12.0 Å². The van der Waals surface area contributed by atoms with Crippen LogP contribution in [0.4, 0.5) is 0 Å². The molecule has 1 aromatic rings. The first kappa shape index (κ1) is 14.4. The van der Waals surface area contributed by atoms with Crippen LogP contribution < -0.4 is 0 Å². The van der Waals surface area contributed by atoms with E-state index >= 15 is 0 Å². The summed E-state index contributed by atoms with van der Waals surface area (Å²) in [4.78, 5) is 23.1. The number of methoxy groups -OCH3 is 1. The minimum atomic E-state index is -0.402. The van der Waals surface area contributed by atoms with Crippen LogP contribution in [0.1, 0.15) is 60.4 Å². The van der Waals surface area contributed by atoms with E-state index in [1.165, 1.54) is 7.11 Å². The van der Waals surface area contributed by atoms with E-state index in [0.717, 1.165) is 5.56 Å². The molecule has 0 bridgehead atoms. The quantitative estimate of drug-likeness (QED) is 0.716. The van der Waals surface area contributed by atoms with E-state index in [1.807, 2.05) is 33.8 Å². The van der Waals surface area contributed by atoms with Crippen molar-refractivity contribution in [2.24, 2.45) is 0 Å². The highest BCUT2D eigenvalue weighted by atomic mass is 16.5. The number of benzene rings is 1. The molecular weight excluding hydrogens is 228 g/mol. The van der Waals surface area contributed by atoms with Gasteiger partial charge in [-0.15, -0.1) is 0 Å². The van der Waals surface area contributed by atoms with Crippen molar-refractivity contribution in [3.05, 3.63) is 34.9 Å². The average Bonchev–Trinajstić information content (AvgIpc) is 2.61. The van der Waals surface area contributed by atoms with Gasteiger partial charge < -0.3 is 4.74 Å². The van der Waals surface area contributed by atoms with Gasteiger partial charge in [-0.3, -0.25) is 4.79 Å². The molecule has 1 aliphatic rings. The fourth-order valence-electron chi connectivity index (χ4n) is 2.20. The molecule has 0 amide bonds. The number of hydrogen-bond acceptors (Lipinski definition) is 3. The molecule has 98 valence electrons. The highest BCUT2D eigenvalue weighted by Crippen LogP contribution is 2.38. The summed E-state index contributed by atoms with van der Waals surface area (Å²) < 4.78 is 4.63. The number of ether oxygens (including phenoxy) is 1. The third-order valence-electron chi connectivity index (χ3n) is 3.07. The zero-order valence-electron chi connectivity index (χ0n) is 11.7. The minimum Gasteiger partial charge on any atom is -0.465 e. The molecule has 0 N–H and O–H groups in total. The monoisotopic (exact) mass is 248 g/mol. The molecule has 3 nitrogen and oxygen atoms in total. The molecule has 0 spiro atoms. The van der Waals surface area contributed by atoms with Crippen LogP contribution >= 0.6 is 0 Å². The lowest BCUT2D eigenvalue weighted by Crippen LogP contribution is -2.12. The van der Waals surface area contributed by atoms with Crippen molar-refractivity contribution in [2.45, 2.75) is 39.5 Å². The van der Waals surface area contributed by atoms with Gasteiger partial charge in [-0.25, -0.2) is 4.79 Å². The average molecular weight is 248 g/mol. The molecule has 2 rings (SSSR count). The van der Waals surface area contributed by atoms with Crippen LogP contribution in [0.5, 0.6) is 0 Å². The fourth-order valence-corrected chi connectivity index (χ4v) is 2.20. The van der Waals surface area contributed by atoms with E-state index in [9.17, 15) is 9.59 Å². The predicted octanol–water partition coefficient (Wildman–Crippen LogP) is 3.36. The molecule has 0 heterocycles. The Balaban J connectivity index is 0.000000771. The summed E-state index contributed by atoms with van der Waals surface area (Å²) in [5.74, 6) is -0.300. The number of ketones is 1. The molecule has 0 saturated carbocycles. The standard InChI is InChI=1S/C13H14O3.C2H6/c1-13(2)7-11(14)9-6-8(12(15)16-3)4-5-10(9)13;1-2/h4-6H,7H2,1-3H3;1-2H3. The van der Waals surface area contributed by atoms with Crippen LogP contribution in [0.3, 0.4) is 0 Å². The van der Waals surface area contributed by atoms with Crippen LogP contribution in [0.25, 0.3) is 0 Å². The maximum absolute atomic E-state index is 11.8. The fraction of sp³-hybridized carbons (Fsp3) is 0.467. The Kier molecular flexibility index (Phi) is 4.28. The van der Waals surface area contributed by atoms with Crippen molar-refractivity contribution < 1.29 is 14.3 Å². The summed E-state index contributed by atoms with van der Waals surface area (Å²) in [5.41, 5.74) is 1.99. The van der Waals surface area contributed by atoms with Crippen molar-refractivity contribution in [1.29, 1.82) is 0 Å². The highest BCUT2D eigenvalue weighted by Gasteiger charge is 2.35. The Morgan fingerprint density at radius 2 is 1.89 bits per heavy atom. The smallest absolute Gasteiger partial charge is 0.337 e. The summed E-state index contributed by atoms with van der Waals surface area (Å²) >= 11 is 0. The Morgan fingerprint density at radius 1 is 1.28 bits per heavy atom. The number of fused-ring (bicyclic) bond motifs is 1. The van der Waals surface area contributed by atoms with Gasteiger partial charge in [0.1, 0.15) is 0 Å². The minimum absolute atomic E-state index is 0.103. The van der Waals surface area contributed by atoms with Crippen LogP contribution in [-0.4, -0.2) is 18.9 Å². The first-order chi connectivity index (χ1) is 8.45. The van der Waals surface area contributed by atoms with Gasteiger partial charge in [0.2, 0.25) is 0 Å². The number of carbonyl (C=O) groups is 2. The molecular formula is C15H20O3. The largest absolute Gasteiger partial charge is 0.465 e. The molecule has 0 atom stereocenters. The highest BCUT2D eigenvalue weighted by molar-refractivity contribution is 6.04. The van der Waals surface area contributed by atoms with Gasteiger partial charge >= 0.3 is 5.97 Å². The summed E-state index contributed by atoms with van der Waals surface area (Å²) in [6.07, 6.45) is 0.507. The van der Waals surface area contributed by atoms with Gasteiger partial charge in [-0.2, -0.15) is 0 Å². The normalized spacial score (nSPS) is 15.5. The summed E-state index contributed by atoms with van der Waals surface area (Å²) in [5, 5.41) is 0. The summed E-state index contributed by atoms with van der Waals surface area (Å²) in [6.45, 7) is 8.07. The second-order valence-electron chi connectivity index (χ2n) is 4.74. The lowest BCUT2D eigenvalue weighted by molar-refractivity contribution is 0.0600. The van der Waals surface area contributed by atoms with Gasteiger partial charge in [0.25, 0.3) is 0 Å². The lowest BCUT2D eigenvalue weighted by atomic mass is 9.86. The molecule has 0 saturated heterocycles. The number of carbonyl (C=O) groups excluding carboxylic acids is 2. The predicted molar refractivity (Wildman–Crippen MR) is 71.1 cm³/mol. The maximum Gasteiger partial charge on any atom is 0.337 e. The number of hydrogen-bond donors (Lipinski definition) is 0. The second-order valence-corrected chi connectivity index (χ2v) is 4.74. The summed E-state index contributed by atoms with van der Waals surface area (Å²) in [6, 6.07) is 5.20. The van der Waals surface area contributed by atoms with Crippen LogP contribution in [0.2, 0.25) is 0 Å². The molecule has 0 aromatic heterocycles. The van der Waals surface area contributed by atoms with E-state index < -0.39 is 5.97 Å². The van der Waals surface area contributed by atoms with Gasteiger partial charge in [0.05, 0.1) is 12.7 Å². The van der Waals surface area contributed by atoms with Crippen LogP contribution in [0.15, 0.2) is 18.2 Å². The Morgan fingerprint density at radius 3 is 2.44 bits per heavy atom. The molecule has 0 radical (unpaired) electrons.